The van der Waals surface area contributed by atoms with E-state index in [1.165, 1.54) is 17.7 Å². The molecule has 0 bridgehead atoms. The lowest BCUT2D eigenvalue weighted by atomic mass is 10.4. The Morgan fingerprint density at radius 1 is 1.53 bits per heavy atom. The van der Waals surface area contributed by atoms with Gasteiger partial charge in [0.15, 0.2) is 0 Å². The zero-order valence-electron chi connectivity index (χ0n) is 9.96. The van der Waals surface area contributed by atoms with Crippen LogP contribution in [0.5, 0.6) is 0 Å². The van der Waals surface area contributed by atoms with Gasteiger partial charge in [0, 0.05) is 44.4 Å². The molecule has 0 atom stereocenters. The van der Waals surface area contributed by atoms with Gasteiger partial charge in [-0.1, -0.05) is 0 Å². The molecule has 0 aromatic carbocycles. The van der Waals surface area contributed by atoms with Gasteiger partial charge in [-0.05, 0) is 0 Å². The highest BCUT2D eigenvalue weighted by Crippen LogP contribution is 2.08. The van der Waals surface area contributed by atoms with E-state index in [9.17, 15) is 4.79 Å². The van der Waals surface area contributed by atoms with E-state index >= 15 is 0 Å². The molecule has 0 saturated carbocycles. The summed E-state index contributed by atoms with van der Waals surface area (Å²) >= 11 is 1.98. The number of aromatic nitrogens is 2. The second-order valence-corrected chi connectivity index (χ2v) is 5.22. The summed E-state index contributed by atoms with van der Waals surface area (Å²) in [6.07, 6.45) is 3.19. The maximum absolute atomic E-state index is 11.6. The number of thioether (sulfide) groups is 1. The minimum Gasteiger partial charge on any atom is -0.461 e. The number of hydrogen-bond acceptors (Lipinski definition) is 5. The molecular formula is C11H17N3O2S. The molecule has 0 unspecified atom stereocenters. The van der Waals surface area contributed by atoms with Gasteiger partial charge < -0.3 is 4.74 Å². The Hall–Kier alpha value is -1.01. The van der Waals surface area contributed by atoms with E-state index in [0.29, 0.717) is 12.2 Å². The number of ether oxygens (including phenoxy) is 1. The predicted molar refractivity (Wildman–Crippen MR) is 67.3 cm³/mol. The topological polar surface area (TPSA) is 47.4 Å². The van der Waals surface area contributed by atoms with Gasteiger partial charge in [-0.25, -0.2) is 4.79 Å². The Morgan fingerprint density at radius 3 is 2.94 bits per heavy atom. The molecular weight excluding hydrogens is 238 g/mol. The second-order valence-electron chi connectivity index (χ2n) is 3.99. The molecule has 2 rings (SSSR count). The first-order valence-electron chi connectivity index (χ1n) is 5.71. The van der Waals surface area contributed by atoms with Crippen molar-refractivity contribution in [1.29, 1.82) is 0 Å². The molecule has 1 aliphatic heterocycles. The van der Waals surface area contributed by atoms with E-state index in [4.69, 9.17) is 4.74 Å². The molecule has 1 aliphatic rings. The van der Waals surface area contributed by atoms with Crippen molar-refractivity contribution in [1.82, 2.24) is 14.7 Å². The summed E-state index contributed by atoms with van der Waals surface area (Å²) in [5.41, 5.74) is 0.515. The maximum atomic E-state index is 11.6. The molecule has 1 fully saturated rings. The number of hydrogen-bond donors (Lipinski definition) is 0. The molecule has 17 heavy (non-hydrogen) atoms. The van der Waals surface area contributed by atoms with Crippen LogP contribution in [0.25, 0.3) is 0 Å². The van der Waals surface area contributed by atoms with Crippen LogP contribution in [0.3, 0.4) is 0 Å². The van der Waals surface area contributed by atoms with Gasteiger partial charge in [0.2, 0.25) is 0 Å². The summed E-state index contributed by atoms with van der Waals surface area (Å²) in [4.78, 5) is 13.9. The Labute approximate surface area is 105 Å². The molecule has 6 heteroatoms. The second kappa shape index (κ2) is 6.07. The molecule has 1 aromatic rings. The third kappa shape index (κ3) is 3.74. The van der Waals surface area contributed by atoms with Crippen LogP contribution in [0.2, 0.25) is 0 Å². The van der Waals surface area contributed by atoms with E-state index in [0.717, 1.165) is 19.6 Å². The molecule has 2 heterocycles. The van der Waals surface area contributed by atoms with Gasteiger partial charge in [-0.15, -0.1) is 0 Å². The number of esters is 1. The van der Waals surface area contributed by atoms with Crippen LogP contribution in [-0.4, -0.2) is 58.4 Å². The molecule has 0 N–H and O–H groups in total. The fourth-order valence-corrected chi connectivity index (χ4v) is 2.68. The Bertz CT molecular complexity index is 375. The van der Waals surface area contributed by atoms with Crippen LogP contribution in [0.4, 0.5) is 0 Å². The quantitative estimate of drug-likeness (QED) is 0.738. The average Bonchev–Trinajstić information content (AvgIpc) is 2.77. The van der Waals surface area contributed by atoms with E-state index < -0.39 is 0 Å². The van der Waals surface area contributed by atoms with Gasteiger partial charge >= 0.3 is 5.97 Å². The molecule has 0 aliphatic carbocycles. The maximum Gasteiger partial charge on any atom is 0.341 e. The molecule has 94 valence electrons. The van der Waals surface area contributed by atoms with Crippen LogP contribution in [0.1, 0.15) is 10.4 Å². The van der Waals surface area contributed by atoms with Crippen molar-refractivity contribution in [3.63, 3.8) is 0 Å². The van der Waals surface area contributed by atoms with Gasteiger partial charge in [-0.3, -0.25) is 9.58 Å². The third-order valence-corrected chi connectivity index (χ3v) is 3.63. The first-order valence-corrected chi connectivity index (χ1v) is 6.87. The monoisotopic (exact) mass is 255 g/mol. The van der Waals surface area contributed by atoms with Gasteiger partial charge in [-0.2, -0.15) is 16.9 Å². The van der Waals surface area contributed by atoms with Crippen molar-refractivity contribution >= 4 is 17.7 Å². The first-order chi connectivity index (χ1) is 8.25. The SMILES string of the molecule is Cn1cc(C(=O)OCCN2CCSCC2)cn1. The lowest BCUT2D eigenvalue weighted by Crippen LogP contribution is -2.35. The van der Waals surface area contributed by atoms with Crippen molar-refractivity contribution in [2.24, 2.45) is 7.05 Å². The molecule has 1 saturated heterocycles. The predicted octanol–water partition coefficient (Wildman–Crippen LogP) is 0.626. The van der Waals surface area contributed by atoms with Crippen LogP contribution in [0.15, 0.2) is 12.4 Å². The van der Waals surface area contributed by atoms with Crippen molar-refractivity contribution in [3.8, 4) is 0 Å². The van der Waals surface area contributed by atoms with E-state index in [-0.39, 0.29) is 5.97 Å². The Balaban J connectivity index is 1.69. The molecule has 0 amide bonds. The van der Waals surface area contributed by atoms with E-state index in [2.05, 4.69) is 10.00 Å². The van der Waals surface area contributed by atoms with Gasteiger partial charge in [0.25, 0.3) is 0 Å². The summed E-state index contributed by atoms with van der Waals surface area (Å²) in [6, 6.07) is 0. The highest BCUT2D eigenvalue weighted by molar-refractivity contribution is 7.99. The van der Waals surface area contributed by atoms with E-state index in [1.54, 1.807) is 17.9 Å². The number of carbonyl (C=O) groups is 1. The zero-order valence-corrected chi connectivity index (χ0v) is 10.8. The first kappa shape index (κ1) is 12.4. The van der Waals surface area contributed by atoms with Crippen molar-refractivity contribution in [3.05, 3.63) is 18.0 Å². The van der Waals surface area contributed by atoms with Gasteiger partial charge in [0.1, 0.15) is 6.61 Å². The average molecular weight is 255 g/mol. The largest absolute Gasteiger partial charge is 0.461 e. The van der Waals surface area contributed by atoms with Crippen molar-refractivity contribution in [2.75, 3.05) is 37.7 Å². The lowest BCUT2D eigenvalue weighted by Gasteiger charge is -2.25. The smallest absolute Gasteiger partial charge is 0.341 e. The normalized spacial score (nSPS) is 17.0. The third-order valence-electron chi connectivity index (χ3n) is 2.68. The lowest BCUT2D eigenvalue weighted by molar-refractivity contribution is 0.0466. The minimum absolute atomic E-state index is 0.288. The van der Waals surface area contributed by atoms with Crippen molar-refractivity contribution < 1.29 is 9.53 Å². The summed E-state index contributed by atoms with van der Waals surface area (Å²) in [7, 11) is 1.78. The van der Waals surface area contributed by atoms with E-state index in [1.807, 2.05) is 11.8 Å². The number of aryl methyl sites for hydroxylation is 1. The number of rotatable bonds is 4. The summed E-state index contributed by atoms with van der Waals surface area (Å²) < 4.78 is 6.80. The fourth-order valence-electron chi connectivity index (χ4n) is 1.70. The highest BCUT2D eigenvalue weighted by atomic mass is 32.2. The molecule has 0 radical (unpaired) electrons. The number of carbonyl (C=O) groups excluding carboxylic acids is 1. The molecule has 1 aromatic heterocycles. The summed E-state index contributed by atoms with van der Waals surface area (Å²) in [5.74, 6) is 2.07. The van der Waals surface area contributed by atoms with Crippen molar-refractivity contribution in [2.45, 2.75) is 0 Å². The minimum atomic E-state index is -0.288. The molecule has 5 nitrogen and oxygen atoms in total. The van der Waals surface area contributed by atoms with Crippen LogP contribution < -0.4 is 0 Å². The summed E-state index contributed by atoms with van der Waals surface area (Å²) in [6.45, 7) is 3.47. The Morgan fingerprint density at radius 2 is 2.29 bits per heavy atom. The molecule has 0 spiro atoms. The fraction of sp³-hybridized carbons (Fsp3) is 0.636. The zero-order chi connectivity index (χ0) is 12.1. The highest BCUT2D eigenvalue weighted by Gasteiger charge is 2.12. The van der Waals surface area contributed by atoms with Crippen LogP contribution in [-0.2, 0) is 11.8 Å². The Kier molecular flexibility index (Phi) is 4.44. The summed E-state index contributed by atoms with van der Waals surface area (Å²) in [5, 5.41) is 3.94. The van der Waals surface area contributed by atoms with Gasteiger partial charge in [0.05, 0.1) is 11.8 Å². The number of nitrogens with zero attached hydrogens (tertiary/aromatic N) is 3. The standard InChI is InChI=1S/C11H17N3O2S/c1-13-9-10(8-12-13)11(15)16-5-2-14-3-6-17-7-4-14/h8-9H,2-7H2,1H3. The van der Waals surface area contributed by atoms with Crippen LogP contribution >= 0.6 is 11.8 Å². The van der Waals surface area contributed by atoms with Crippen LogP contribution in [0, 0.1) is 0 Å².